The van der Waals surface area contributed by atoms with Crippen LogP contribution >= 0.6 is 0 Å². The van der Waals surface area contributed by atoms with Crippen molar-refractivity contribution in [1.82, 2.24) is 19.9 Å². The van der Waals surface area contributed by atoms with Crippen LogP contribution in [0.25, 0.3) is 99.9 Å². The van der Waals surface area contributed by atoms with Crippen molar-refractivity contribution in [3.8, 4) is 56.4 Å². The molecule has 3 heterocycles. The van der Waals surface area contributed by atoms with Gasteiger partial charge in [0.25, 0.3) is 0 Å². The van der Waals surface area contributed by atoms with E-state index in [0.29, 0.717) is 17.5 Å². The van der Waals surface area contributed by atoms with Crippen molar-refractivity contribution >= 4 is 43.5 Å². The van der Waals surface area contributed by atoms with Crippen LogP contribution < -0.4 is 0 Å². The zero-order valence-electron chi connectivity index (χ0n) is 29.7. The number of hydrogen-bond acceptors (Lipinski definition) is 5. The van der Waals surface area contributed by atoms with Crippen LogP contribution in [0.15, 0.2) is 162 Å². The molecule has 0 radical (unpaired) electrons. The molecule has 5 nitrogen and oxygen atoms in total. The summed E-state index contributed by atoms with van der Waals surface area (Å²) in [5, 5.41) is 6.97. The van der Waals surface area contributed by atoms with E-state index in [9.17, 15) is 0 Å². The number of nitrogens with zero attached hydrogens (tertiary/aromatic N) is 4. The van der Waals surface area contributed by atoms with E-state index in [4.69, 9.17) is 19.4 Å². The fourth-order valence-corrected chi connectivity index (χ4v) is 8.47. The SMILES string of the molecule is CC1(C)c2ccccc2-c2cc3ccc4cc(-c5nc(-c6ccc7c(c6)oc6ccccc67)nc(-c6ccccc6-c6cccnc6)n5)ccc4c3cc21. The predicted octanol–water partition coefficient (Wildman–Crippen LogP) is 12.4. The van der Waals surface area contributed by atoms with Gasteiger partial charge in [-0.3, -0.25) is 4.98 Å². The summed E-state index contributed by atoms with van der Waals surface area (Å²) < 4.78 is 6.29. The molecule has 0 N–H and O–H groups in total. The van der Waals surface area contributed by atoms with Crippen LogP contribution in [0.3, 0.4) is 0 Å². The van der Waals surface area contributed by atoms with E-state index < -0.39 is 0 Å². The topological polar surface area (TPSA) is 64.7 Å². The molecule has 0 spiro atoms. The quantitative estimate of drug-likeness (QED) is 0.172. The van der Waals surface area contributed by atoms with Gasteiger partial charge < -0.3 is 4.42 Å². The van der Waals surface area contributed by atoms with Gasteiger partial charge in [-0.05, 0) is 91.8 Å². The first-order valence-corrected chi connectivity index (χ1v) is 18.3. The highest BCUT2D eigenvalue weighted by Crippen LogP contribution is 2.50. The van der Waals surface area contributed by atoms with Gasteiger partial charge in [0, 0.05) is 50.8 Å². The summed E-state index contributed by atoms with van der Waals surface area (Å²) in [4.78, 5) is 19.8. The molecule has 1 aliphatic rings. The first-order chi connectivity index (χ1) is 26.5. The van der Waals surface area contributed by atoms with Crippen molar-refractivity contribution in [2.24, 2.45) is 0 Å². The summed E-state index contributed by atoms with van der Waals surface area (Å²) in [5.41, 5.74) is 11.7. The molecular formula is C49H32N4O. The Labute approximate surface area is 311 Å². The molecule has 0 saturated heterocycles. The van der Waals surface area contributed by atoms with E-state index in [0.717, 1.165) is 55.1 Å². The Hall–Kier alpha value is -6.98. The normalized spacial score (nSPS) is 13.1. The van der Waals surface area contributed by atoms with Gasteiger partial charge in [-0.25, -0.2) is 15.0 Å². The summed E-state index contributed by atoms with van der Waals surface area (Å²) in [6.45, 7) is 4.67. The average Bonchev–Trinajstić information content (AvgIpc) is 3.71. The first kappa shape index (κ1) is 30.6. The van der Waals surface area contributed by atoms with Crippen LogP contribution in [0.2, 0.25) is 0 Å². The number of rotatable bonds is 4. The molecule has 0 saturated carbocycles. The van der Waals surface area contributed by atoms with Gasteiger partial charge in [-0.15, -0.1) is 0 Å². The Morgan fingerprint density at radius 2 is 1.09 bits per heavy atom. The molecule has 0 atom stereocenters. The van der Waals surface area contributed by atoms with Crippen LogP contribution in [0.4, 0.5) is 0 Å². The van der Waals surface area contributed by atoms with E-state index in [1.54, 1.807) is 6.20 Å². The summed E-state index contributed by atoms with van der Waals surface area (Å²) in [6.07, 6.45) is 3.66. The summed E-state index contributed by atoms with van der Waals surface area (Å²) in [7, 11) is 0. The molecule has 54 heavy (non-hydrogen) atoms. The van der Waals surface area contributed by atoms with Crippen LogP contribution in [0.1, 0.15) is 25.0 Å². The molecule has 3 aromatic heterocycles. The molecule has 7 aromatic carbocycles. The summed E-state index contributed by atoms with van der Waals surface area (Å²) in [6, 6.07) is 51.2. The van der Waals surface area contributed by atoms with Crippen LogP contribution in [-0.2, 0) is 5.41 Å². The van der Waals surface area contributed by atoms with E-state index >= 15 is 0 Å². The van der Waals surface area contributed by atoms with Crippen LogP contribution in [0.5, 0.6) is 0 Å². The third-order valence-electron chi connectivity index (χ3n) is 11.2. The Morgan fingerprint density at radius 1 is 0.426 bits per heavy atom. The second-order valence-corrected chi connectivity index (χ2v) is 14.7. The number of pyridine rings is 1. The zero-order chi connectivity index (χ0) is 36.0. The average molecular weight is 693 g/mol. The maximum atomic E-state index is 6.29. The highest BCUT2D eigenvalue weighted by Gasteiger charge is 2.35. The lowest BCUT2D eigenvalue weighted by Gasteiger charge is -2.22. The lowest BCUT2D eigenvalue weighted by atomic mass is 9.81. The van der Waals surface area contributed by atoms with Gasteiger partial charge >= 0.3 is 0 Å². The second kappa shape index (κ2) is 11.5. The summed E-state index contributed by atoms with van der Waals surface area (Å²) >= 11 is 0. The van der Waals surface area contributed by atoms with E-state index in [1.165, 1.54) is 38.4 Å². The molecule has 5 heteroatoms. The highest BCUT2D eigenvalue weighted by molar-refractivity contribution is 6.10. The van der Waals surface area contributed by atoms with Crippen molar-refractivity contribution in [1.29, 1.82) is 0 Å². The van der Waals surface area contributed by atoms with E-state index in [1.807, 2.05) is 48.7 Å². The third-order valence-corrected chi connectivity index (χ3v) is 11.2. The molecule has 0 amide bonds. The van der Waals surface area contributed by atoms with Gasteiger partial charge in [0.15, 0.2) is 17.5 Å². The van der Waals surface area contributed by atoms with Gasteiger partial charge in [-0.1, -0.05) is 117 Å². The molecule has 0 bridgehead atoms. The molecule has 254 valence electrons. The maximum Gasteiger partial charge on any atom is 0.164 e. The predicted molar refractivity (Wildman–Crippen MR) is 219 cm³/mol. The second-order valence-electron chi connectivity index (χ2n) is 14.7. The minimum Gasteiger partial charge on any atom is -0.456 e. The number of benzene rings is 7. The first-order valence-electron chi connectivity index (χ1n) is 18.3. The van der Waals surface area contributed by atoms with Crippen molar-refractivity contribution in [3.63, 3.8) is 0 Å². The minimum absolute atomic E-state index is 0.0720. The lowest BCUT2D eigenvalue weighted by Crippen LogP contribution is -2.14. The molecule has 0 unspecified atom stereocenters. The van der Waals surface area contributed by atoms with Crippen LogP contribution in [-0.4, -0.2) is 19.9 Å². The monoisotopic (exact) mass is 692 g/mol. The summed E-state index contributed by atoms with van der Waals surface area (Å²) in [5.74, 6) is 1.78. The smallest absolute Gasteiger partial charge is 0.164 e. The molecule has 1 aliphatic carbocycles. The van der Waals surface area contributed by atoms with Gasteiger partial charge in [0.1, 0.15) is 11.2 Å². The number of fused-ring (bicyclic) bond motifs is 9. The molecule has 10 aromatic rings. The number of para-hydroxylation sites is 1. The highest BCUT2D eigenvalue weighted by atomic mass is 16.3. The Kier molecular flexibility index (Phi) is 6.53. The van der Waals surface area contributed by atoms with Crippen molar-refractivity contribution in [2.45, 2.75) is 19.3 Å². The van der Waals surface area contributed by atoms with Gasteiger partial charge in [0.05, 0.1) is 0 Å². The zero-order valence-corrected chi connectivity index (χ0v) is 29.7. The van der Waals surface area contributed by atoms with Crippen molar-refractivity contribution < 1.29 is 4.42 Å². The molecule has 0 aliphatic heterocycles. The number of hydrogen-bond donors (Lipinski definition) is 0. The standard InChI is InChI=1S/C49H32N4O/c1-49(2)42-15-7-5-12-36(42)41-25-30-18-17-29-24-31(19-21-35(29)40(30)27-43(41)49)46-51-47(32-20-22-38-37-13-6-8-16-44(37)54-45(38)26-32)53-48(52-46)39-14-4-3-11-34(39)33-10-9-23-50-28-33/h3-28H,1-2H3. The Bertz CT molecular complexity index is 3140. The van der Waals surface area contributed by atoms with E-state index in [-0.39, 0.29) is 5.41 Å². The van der Waals surface area contributed by atoms with Crippen molar-refractivity contribution in [2.75, 3.05) is 0 Å². The van der Waals surface area contributed by atoms with Gasteiger partial charge in [0.2, 0.25) is 0 Å². The minimum atomic E-state index is -0.0720. The Balaban J connectivity index is 1.09. The van der Waals surface area contributed by atoms with Crippen molar-refractivity contribution in [3.05, 3.63) is 169 Å². The number of aromatic nitrogens is 4. The van der Waals surface area contributed by atoms with E-state index in [2.05, 4.69) is 122 Å². The molecule has 0 fully saturated rings. The largest absolute Gasteiger partial charge is 0.456 e. The van der Waals surface area contributed by atoms with Crippen LogP contribution in [0, 0.1) is 0 Å². The maximum absolute atomic E-state index is 6.29. The fourth-order valence-electron chi connectivity index (χ4n) is 8.47. The third kappa shape index (κ3) is 4.65. The molecular weight excluding hydrogens is 661 g/mol. The number of furan rings is 1. The lowest BCUT2D eigenvalue weighted by molar-refractivity contribution is 0.661. The Morgan fingerprint density at radius 3 is 1.91 bits per heavy atom. The molecule has 11 rings (SSSR count). The fraction of sp³-hybridized carbons (Fsp3) is 0.0612. The van der Waals surface area contributed by atoms with Gasteiger partial charge in [-0.2, -0.15) is 0 Å².